The van der Waals surface area contributed by atoms with Crippen LogP contribution < -0.4 is 10.1 Å². The maximum atomic E-state index is 12.8. The number of carbonyl (C=O) groups excluding carboxylic acids is 1. The summed E-state index contributed by atoms with van der Waals surface area (Å²) in [6.45, 7) is 2.32. The molecule has 3 aromatic carbocycles. The Morgan fingerprint density at radius 3 is 2.71 bits per heavy atom. The molecule has 31 heavy (non-hydrogen) atoms. The SMILES string of the molecule is CCc1ccccc1NC(=O)/C(C#N)=C\c1cc(Br)ccc1OCc1cccc(Cl)c1. The number of nitriles is 1. The molecule has 1 N–H and O–H groups in total. The Morgan fingerprint density at radius 1 is 1.16 bits per heavy atom. The fourth-order valence-corrected chi connectivity index (χ4v) is 3.59. The van der Waals surface area contributed by atoms with Crippen molar-refractivity contribution in [2.24, 2.45) is 0 Å². The third-order valence-corrected chi connectivity index (χ3v) is 5.29. The summed E-state index contributed by atoms with van der Waals surface area (Å²) in [5.41, 5.74) is 3.22. The van der Waals surface area contributed by atoms with Crippen LogP contribution in [0.2, 0.25) is 5.02 Å². The van der Waals surface area contributed by atoms with Gasteiger partial charge in [0.05, 0.1) is 0 Å². The monoisotopic (exact) mass is 494 g/mol. The fourth-order valence-electron chi connectivity index (χ4n) is 3.00. The van der Waals surface area contributed by atoms with Crippen molar-refractivity contribution < 1.29 is 9.53 Å². The van der Waals surface area contributed by atoms with Crippen LogP contribution in [0.1, 0.15) is 23.6 Å². The predicted octanol–water partition coefficient (Wildman–Crippen LogP) is 6.79. The zero-order valence-corrected chi connectivity index (χ0v) is 19.2. The van der Waals surface area contributed by atoms with Gasteiger partial charge in [0, 0.05) is 20.7 Å². The van der Waals surface area contributed by atoms with Crippen LogP contribution in [0.15, 0.2) is 76.8 Å². The largest absolute Gasteiger partial charge is 0.488 e. The van der Waals surface area contributed by atoms with E-state index >= 15 is 0 Å². The highest BCUT2D eigenvalue weighted by Gasteiger charge is 2.13. The van der Waals surface area contributed by atoms with Crippen molar-refractivity contribution in [1.29, 1.82) is 5.26 Å². The number of hydrogen-bond acceptors (Lipinski definition) is 3. The molecule has 3 rings (SSSR count). The molecule has 0 saturated heterocycles. The van der Waals surface area contributed by atoms with Gasteiger partial charge in [-0.05, 0) is 60.0 Å². The number of amides is 1. The number of para-hydroxylation sites is 1. The minimum absolute atomic E-state index is 0.0170. The van der Waals surface area contributed by atoms with Crippen LogP contribution in [0.3, 0.4) is 0 Å². The maximum absolute atomic E-state index is 12.8. The summed E-state index contributed by atoms with van der Waals surface area (Å²) in [7, 11) is 0. The average Bonchev–Trinajstić information content (AvgIpc) is 2.77. The Labute approximate surface area is 195 Å². The second kappa shape index (κ2) is 10.8. The number of nitrogens with one attached hydrogen (secondary N) is 1. The molecule has 4 nitrogen and oxygen atoms in total. The first-order valence-corrected chi connectivity index (χ1v) is 10.8. The highest BCUT2D eigenvalue weighted by molar-refractivity contribution is 9.10. The van der Waals surface area contributed by atoms with E-state index in [0.29, 0.717) is 28.6 Å². The number of rotatable bonds is 7. The van der Waals surface area contributed by atoms with E-state index in [1.54, 1.807) is 18.2 Å². The smallest absolute Gasteiger partial charge is 0.266 e. The average molecular weight is 496 g/mol. The zero-order chi connectivity index (χ0) is 22.2. The Balaban J connectivity index is 1.85. The van der Waals surface area contributed by atoms with Crippen molar-refractivity contribution in [2.75, 3.05) is 5.32 Å². The van der Waals surface area contributed by atoms with Gasteiger partial charge >= 0.3 is 0 Å². The van der Waals surface area contributed by atoms with Gasteiger partial charge in [-0.25, -0.2) is 0 Å². The minimum atomic E-state index is -0.468. The van der Waals surface area contributed by atoms with E-state index in [1.165, 1.54) is 6.08 Å². The summed E-state index contributed by atoms with van der Waals surface area (Å²) in [5.74, 6) is 0.0850. The van der Waals surface area contributed by atoms with E-state index in [9.17, 15) is 10.1 Å². The van der Waals surface area contributed by atoms with Crippen LogP contribution in [0.4, 0.5) is 5.69 Å². The number of anilines is 1. The molecule has 0 bridgehead atoms. The molecule has 0 aliphatic heterocycles. The van der Waals surface area contributed by atoms with Gasteiger partial charge in [0.15, 0.2) is 0 Å². The van der Waals surface area contributed by atoms with E-state index in [-0.39, 0.29) is 5.57 Å². The van der Waals surface area contributed by atoms with Crippen molar-refractivity contribution in [1.82, 2.24) is 0 Å². The number of benzene rings is 3. The summed E-state index contributed by atoms with van der Waals surface area (Å²) < 4.78 is 6.76. The molecule has 0 radical (unpaired) electrons. The number of ether oxygens (including phenoxy) is 1. The van der Waals surface area contributed by atoms with Gasteiger partial charge in [-0.15, -0.1) is 0 Å². The summed E-state index contributed by atoms with van der Waals surface area (Å²) in [6.07, 6.45) is 2.30. The topological polar surface area (TPSA) is 62.1 Å². The van der Waals surface area contributed by atoms with Crippen molar-refractivity contribution in [2.45, 2.75) is 20.0 Å². The molecule has 0 saturated carbocycles. The lowest BCUT2D eigenvalue weighted by Gasteiger charge is -2.12. The Morgan fingerprint density at radius 2 is 1.97 bits per heavy atom. The molecular formula is C25H20BrClN2O2. The normalized spacial score (nSPS) is 11.0. The van der Waals surface area contributed by atoms with E-state index in [2.05, 4.69) is 21.2 Å². The van der Waals surface area contributed by atoms with Crippen LogP contribution in [0.25, 0.3) is 6.08 Å². The minimum Gasteiger partial charge on any atom is -0.488 e. The van der Waals surface area contributed by atoms with Gasteiger partial charge in [0.2, 0.25) is 0 Å². The first-order valence-electron chi connectivity index (χ1n) is 9.68. The van der Waals surface area contributed by atoms with Crippen LogP contribution in [-0.4, -0.2) is 5.91 Å². The highest BCUT2D eigenvalue weighted by atomic mass is 79.9. The zero-order valence-electron chi connectivity index (χ0n) is 16.9. The molecule has 0 unspecified atom stereocenters. The maximum Gasteiger partial charge on any atom is 0.266 e. The van der Waals surface area contributed by atoms with Crippen LogP contribution in [0.5, 0.6) is 5.75 Å². The standard InChI is InChI=1S/C25H20BrClN2O2/c1-2-18-7-3-4-9-23(18)29-25(30)20(15-28)13-19-14-21(26)10-11-24(19)31-16-17-6-5-8-22(27)12-17/h3-14H,2,16H2,1H3,(H,29,30)/b20-13-. The summed E-state index contributed by atoms with van der Waals surface area (Å²) in [6, 6.07) is 22.4. The second-order valence-electron chi connectivity index (χ2n) is 6.74. The van der Waals surface area contributed by atoms with Crippen molar-refractivity contribution >= 4 is 45.2 Å². The molecule has 0 aliphatic carbocycles. The molecule has 1 amide bonds. The van der Waals surface area contributed by atoms with E-state index in [4.69, 9.17) is 16.3 Å². The first kappa shape index (κ1) is 22.6. The fraction of sp³-hybridized carbons (Fsp3) is 0.120. The van der Waals surface area contributed by atoms with E-state index < -0.39 is 5.91 Å². The van der Waals surface area contributed by atoms with E-state index in [0.717, 1.165) is 22.0 Å². The molecule has 0 atom stereocenters. The lowest BCUT2D eigenvalue weighted by molar-refractivity contribution is -0.112. The molecule has 6 heteroatoms. The molecule has 0 aromatic heterocycles. The van der Waals surface area contributed by atoms with Gasteiger partial charge < -0.3 is 10.1 Å². The third kappa shape index (κ3) is 6.21. The highest BCUT2D eigenvalue weighted by Crippen LogP contribution is 2.27. The third-order valence-electron chi connectivity index (χ3n) is 4.57. The predicted molar refractivity (Wildman–Crippen MR) is 128 cm³/mol. The van der Waals surface area contributed by atoms with Crippen molar-refractivity contribution in [3.05, 3.63) is 98.5 Å². The molecule has 156 valence electrons. The Kier molecular flexibility index (Phi) is 7.88. The second-order valence-corrected chi connectivity index (χ2v) is 8.09. The van der Waals surface area contributed by atoms with Crippen LogP contribution in [0, 0.1) is 11.3 Å². The number of nitrogens with zero attached hydrogens (tertiary/aromatic N) is 1. The molecule has 3 aromatic rings. The summed E-state index contributed by atoms with van der Waals surface area (Å²) in [5, 5.41) is 13.1. The van der Waals surface area contributed by atoms with Gasteiger partial charge in [-0.1, -0.05) is 64.8 Å². The van der Waals surface area contributed by atoms with Gasteiger partial charge in [0.1, 0.15) is 24.0 Å². The lowest BCUT2D eigenvalue weighted by atomic mass is 10.1. The number of aryl methyl sites for hydroxylation is 1. The number of halogens is 2. The Bertz CT molecular complexity index is 1170. The lowest BCUT2D eigenvalue weighted by Crippen LogP contribution is -2.14. The van der Waals surface area contributed by atoms with E-state index in [1.807, 2.05) is 61.5 Å². The Hall–Kier alpha value is -3.07. The van der Waals surface area contributed by atoms with Crippen molar-refractivity contribution in [3.8, 4) is 11.8 Å². The summed E-state index contributed by atoms with van der Waals surface area (Å²) in [4.78, 5) is 12.8. The van der Waals surface area contributed by atoms with Crippen LogP contribution in [-0.2, 0) is 17.8 Å². The molecule has 0 spiro atoms. The molecule has 0 heterocycles. The van der Waals surface area contributed by atoms with Gasteiger partial charge in [-0.2, -0.15) is 5.26 Å². The first-order chi connectivity index (χ1) is 15.0. The number of carbonyl (C=O) groups is 1. The van der Waals surface area contributed by atoms with Crippen LogP contribution >= 0.6 is 27.5 Å². The summed E-state index contributed by atoms with van der Waals surface area (Å²) >= 11 is 9.48. The molecule has 0 fully saturated rings. The number of hydrogen-bond donors (Lipinski definition) is 1. The van der Waals surface area contributed by atoms with Gasteiger partial charge in [-0.3, -0.25) is 4.79 Å². The molecular weight excluding hydrogens is 476 g/mol. The quantitative estimate of drug-likeness (QED) is 0.290. The van der Waals surface area contributed by atoms with Gasteiger partial charge in [0.25, 0.3) is 5.91 Å². The molecule has 0 aliphatic rings. The van der Waals surface area contributed by atoms with Crippen molar-refractivity contribution in [3.63, 3.8) is 0 Å².